The number of methoxy groups -OCH3 is 1. The maximum atomic E-state index is 12.4. The molecule has 1 aromatic heterocycles. The molecule has 2 rings (SSSR count). The van der Waals surface area contributed by atoms with E-state index in [2.05, 4.69) is 5.32 Å². The number of hydrogen-bond acceptors (Lipinski definition) is 4. The number of anilines is 1. The van der Waals surface area contributed by atoms with Gasteiger partial charge in [-0.2, -0.15) is 0 Å². The molecule has 1 N–H and O–H groups in total. The van der Waals surface area contributed by atoms with E-state index in [1.807, 2.05) is 0 Å². The van der Waals surface area contributed by atoms with Crippen LogP contribution in [0.4, 0.5) is 10.5 Å². The zero-order chi connectivity index (χ0) is 15.6. The lowest BCUT2D eigenvalue weighted by Crippen LogP contribution is -2.41. The van der Waals surface area contributed by atoms with Crippen molar-refractivity contribution in [2.45, 2.75) is 51.4 Å². The van der Waals surface area contributed by atoms with Crippen LogP contribution in [0.25, 0.3) is 0 Å². The van der Waals surface area contributed by atoms with Gasteiger partial charge in [0.05, 0.1) is 12.1 Å². The molecule has 0 radical (unpaired) electrons. The molecule has 1 saturated carbocycles. The molecule has 1 unspecified atom stereocenters. The molecule has 0 saturated heterocycles. The van der Waals surface area contributed by atoms with E-state index in [1.54, 1.807) is 50.8 Å². The Kier molecular flexibility index (Phi) is 4.37. The maximum absolute atomic E-state index is 12.4. The highest BCUT2D eigenvalue weighted by Crippen LogP contribution is 2.33. The van der Waals surface area contributed by atoms with Crippen molar-refractivity contribution in [1.82, 2.24) is 4.57 Å². The smallest absolute Gasteiger partial charge is 0.412 e. The van der Waals surface area contributed by atoms with Crippen molar-refractivity contribution in [3.63, 3.8) is 0 Å². The Morgan fingerprint density at radius 1 is 1.38 bits per heavy atom. The summed E-state index contributed by atoms with van der Waals surface area (Å²) in [5.41, 5.74) is -0.629. The van der Waals surface area contributed by atoms with Gasteiger partial charge in [0.2, 0.25) is 0 Å². The van der Waals surface area contributed by atoms with Gasteiger partial charge in [0, 0.05) is 13.3 Å². The van der Waals surface area contributed by atoms with Gasteiger partial charge in [-0.1, -0.05) is 0 Å². The Hall–Kier alpha value is -1.82. The maximum Gasteiger partial charge on any atom is 0.412 e. The van der Waals surface area contributed by atoms with Crippen molar-refractivity contribution in [3.8, 4) is 0 Å². The standard InChI is InChI=1S/C15H22N2O4/c1-15(2,3)21-14(19)16-10-6-5-9-17(13(10)18)11-7-8-12(11)20-4/h5-6,9,11-12H,7-8H2,1-4H3,(H,16,19)/t11?,12-/m1/s1. The molecule has 0 bridgehead atoms. The van der Waals surface area contributed by atoms with Gasteiger partial charge in [0.15, 0.2) is 0 Å². The number of pyridine rings is 1. The van der Waals surface area contributed by atoms with Crippen LogP contribution in [-0.2, 0) is 9.47 Å². The summed E-state index contributed by atoms with van der Waals surface area (Å²) in [6.45, 7) is 5.31. The molecule has 1 aromatic rings. The van der Waals surface area contributed by atoms with Gasteiger partial charge in [0.25, 0.3) is 5.56 Å². The van der Waals surface area contributed by atoms with E-state index in [4.69, 9.17) is 9.47 Å². The van der Waals surface area contributed by atoms with Gasteiger partial charge in [-0.05, 0) is 45.7 Å². The van der Waals surface area contributed by atoms with Crippen LogP contribution in [-0.4, -0.2) is 29.5 Å². The topological polar surface area (TPSA) is 69.6 Å². The third-order valence-corrected chi connectivity index (χ3v) is 3.45. The van der Waals surface area contributed by atoms with Crippen molar-refractivity contribution >= 4 is 11.8 Å². The number of rotatable bonds is 3. The Morgan fingerprint density at radius 2 is 2.10 bits per heavy atom. The monoisotopic (exact) mass is 294 g/mol. The van der Waals surface area contributed by atoms with Crippen LogP contribution in [0.3, 0.4) is 0 Å². The first kappa shape index (κ1) is 15.6. The highest BCUT2D eigenvalue weighted by molar-refractivity contribution is 5.84. The summed E-state index contributed by atoms with van der Waals surface area (Å²) in [5, 5.41) is 2.51. The van der Waals surface area contributed by atoms with Crippen molar-refractivity contribution in [2.75, 3.05) is 12.4 Å². The number of carbonyl (C=O) groups excluding carboxylic acids is 1. The molecule has 1 aliphatic rings. The molecule has 0 aliphatic heterocycles. The number of aromatic nitrogens is 1. The summed E-state index contributed by atoms with van der Waals surface area (Å²) < 4.78 is 12.1. The average molecular weight is 294 g/mol. The first-order valence-corrected chi connectivity index (χ1v) is 7.06. The molecule has 21 heavy (non-hydrogen) atoms. The SMILES string of the molecule is CO[C@@H]1CCC1n1cccc(NC(=O)OC(C)(C)C)c1=O. The summed E-state index contributed by atoms with van der Waals surface area (Å²) in [5.74, 6) is 0. The Labute approximate surface area is 124 Å². The largest absolute Gasteiger partial charge is 0.444 e. The second-order valence-corrected chi connectivity index (χ2v) is 6.18. The fourth-order valence-electron chi connectivity index (χ4n) is 2.32. The van der Waals surface area contributed by atoms with Crippen LogP contribution in [0.15, 0.2) is 23.1 Å². The van der Waals surface area contributed by atoms with Crippen LogP contribution in [0.5, 0.6) is 0 Å². The molecule has 1 heterocycles. The van der Waals surface area contributed by atoms with Gasteiger partial charge >= 0.3 is 6.09 Å². The zero-order valence-electron chi connectivity index (χ0n) is 12.9. The molecule has 6 nitrogen and oxygen atoms in total. The number of hydrogen-bond donors (Lipinski definition) is 1. The van der Waals surface area contributed by atoms with Gasteiger partial charge in [-0.25, -0.2) is 4.79 Å². The molecule has 116 valence electrons. The minimum Gasteiger partial charge on any atom is -0.444 e. The summed E-state index contributed by atoms with van der Waals surface area (Å²) in [6, 6.07) is 3.34. The summed E-state index contributed by atoms with van der Waals surface area (Å²) in [7, 11) is 1.64. The Bertz CT molecular complexity index is 572. The summed E-state index contributed by atoms with van der Waals surface area (Å²) in [6.07, 6.45) is 2.98. The van der Waals surface area contributed by atoms with E-state index in [0.717, 1.165) is 12.8 Å². The van der Waals surface area contributed by atoms with Gasteiger partial charge in [-0.15, -0.1) is 0 Å². The second kappa shape index (κ2) is 5.89. The number of nitrogens with one attached hydrogen (secondary N) is 1. The molecule has 1 amide bonds. The first-order valence-electron chi connectivity index (χ1n) is 7.06. The lowest BCUT2D eigenvalue weighted by molar-refractivity contribution is -0.0103. The van der Waals surface area contributed by atoms with E-state index in [9.17, 15) is 9.59 Å². The van der Waals surface area contributed by atoms with Crippen molar-refractivity contribution < 1.29 is 14.3 Å². The summed E-state index contributed by atoms with van der Waals surface area (Å²) in [4.78, 5) is 24.2. The number of nitrogens with zero attached hydrogens (tertiary/aromatic N) is 1. The second-order valence-electron chi connectivity index (χ2n) is 6.18. The third kappa shape index (κ3) is 3.64. The lowest BCUT2D eigenvalue weighted by atomic mass is 9.88. The predicted octanol–water partition coefficient (Wildman–Crippen LogP) is 2.55. The number of amides is 1. The molecule has 0 aromatic carbocycles. The van der Waals surface area contributed by atoms with Crippen LogP contribution in [0.2, 0.25) is 0 Å². The van der Waals surface area contributed by atoms with Gasteiger partial charge in [-0.3, -0.25) is 10.1 Å². The Morgan fingerprint density at radius 3 is 2.62 bits per heavy atom. The third-order valence-electron chi connectivity index (χ3n) is 3.45. The highest BCUT2D eigenvalue weighted by atomic mass is 16.6. The van der Waals surface area contributed by atoms with Crippen LogP contribution in [0, 0.1) is 0 Å². The van der Waals surface area contributed by atoms with Crippen LogP contribution < -0.4 is 10.9 Å². The molecular weight excluding hydrogens is 272 g/mol. The van der Waals surface area contributed by atoms with Crippen LogP contribution in [0.1, 0.15) is 39.7 Å². The average Bonchev–Trinajstić information content (AvgIpc) is 2.31. The normalized spacial score (nSPS) is 21.5. The van der Waals surface area contributed by atoms with E-state index in [1.165, 1.54) is 0 Å². The molecule has 2 atom stereocenters. The van der Waals surface area contributed by atoms with E-state index in [-0.39, 0.29) is 23.4 Å². The van der Waals surface area contributed by atoms with E-state index >= 15 is 0 Å². The molecular formula is C15H22N2O4. The van der Waals surface area contributed by atoms with Crippen molar-refractivity contribution in [2.24, 2.45) is 0 Å². The fraction of sp³-hybridized carbons (Fsp3) is 0.600. The quantitative estimate of drug-likeness (QED) is 0.930. The summed E-state index contributed by atoms with van der Waals surface area (Å²) >= 11 is 0. The van der Waals surface area contributed by atoms with Gasteiger partial charge in [0.1, 0.15) is 11.3 Å². The zero-order valence-corrected chi connectivity index (χ0v) is 12.9. The van der Waals surface area contributed by atoms with Crippen molar-refractivity contribution in [1.29, 1.82) is 0 Å². The molecule has 1 aliphatic carbocycles. The minimum absolute atomic E-state index is 0.0305. The Balaban J connectivity index is 2.15. The molecule has 6 heteroatoms. The first-order chi connectivity index (χ1) is 9.81. The van der Waals surface area contributed by atoms with E-state index in [0.29, 0.717) is 0 Å². The van der Waals surface area contributed by atoms with Crippen molar-refractivity contribution in [3.05, 3.63) is 28.7 Å². The molecule has 1 fully saturated rings. The minimum atomic E-state index is -0.630. The number of carbonyl (C=O) groups is 1. The predicted molar refractivity (Wildman–Crippen MR) is 79.6 cm³/mol. The number of ether oxygens (including phenoxy) is 2. The molecule has 0 spiro atoms. The van der Waals surface area contributed by atoms with E-state index < -0.39 is 11.7 Å². The highest BCUT2D eigenvalue weighted by Gasteiger charge is 2.33. The van der Waals surface area contributed by atoms with Gasteiger partial charge < -0.3 is 14.0 Å². The lowest BCUT2D eigenvalue weighted by Gasteiger charge is -2.36. The fourth-order valence-corrected chi connectivity index (χ4v) is 2.32. The van der Waals surface area contributed by atoms with Crippen LogP contribution >= 0.6 is 0 Å².